The van der Waals surface area contributed by atoms with E-state index in [1.54, 1.807) is 50.3 Å². The van der Waals surface area contributed by atoms with Crippen molar-refractivity contribution >= 4 is 17.6 Å². The molecule has 0 spiro atoms. The molecule has 0 saturated heterocycles. The van der Waals surface area contributed by atoms with E-state index in [2.05, 4.69) is 0 Å². The van der Waals surface area contributed by atoms with Crippen molar-refractivity contribution in [3.05, 3.63) is 58.1 Å². The van der Waals surface area contributed by atoms with Crippen molar-refractivity contribution in [3.8, 4) is 0 Å². The number of carbonyl (C=O) groups excluding carboxylic acids is 1. The van der Waals surface area contributed by atoms with Crippen molar-refractivity contribution in [1.29, 1.82) is 0 Å². The van der Waals surface area contributed by atoms with Gasteiger partial charge in [-0.3, -0.25) is 0 Å². The summed E-state index contributed by atoms with van der Waals surface area (Å²) in [5, 5.41) is 10.9. The molecule has 0 bridgehead atoms. The average Bonchev–Trinajstić information content (AvgIpc) is 2.44. The highest BCUT2D eigenvalue weighted by Gasteiger charge is 2.13. The number of halogens is 1. The maximum absolute atomic E-state index is 11.6. The van der Waals surface area contributed by atoms with Crippen LogP contribution in [0.3, 0.4) is 0 Å². The van der Waals surface area contributed by atoms with Gasteiger partial charge in [-0.05, 0) is 50.1 Å². The summed E-state index contributed by atoms with van der Waals surface area (Å²) < 4.78 is 4.92. The van der Waals surface area contributed by atoms with E-state index in [0.29, 0.717) is 22.8 Å². The minimum atomic E-state index is -0.804. The molecule has 0 aromatic heterocycles. The Labute approximate surface area is 124 Å². The van der Waals surface area contributed by atoms with E-state index < -0.39 is 6.10 Å². The van der Waals surface area contributed by atoms with E-state index in [1.807, 2.05) is 6.92 Å². The number of ether oxygens (including phenoxy) is 1. The summed E-state index contributed by atoms with van der Waals surface area (Å²) in [6.07, 6.45) is 2.60. The summed E-state index contributed by atoms with van der Waals surface area (Å²) in [4.78, 5) is 11.6. The number of aliphatic hydroxyl groups excluding tert-OH is 1. The molecule has 0 aliphatic heterocycles. The summed E-state index contributed by atoms with van der Waals surface area (Å²) in [6.45, 7) is 5.55. The lowest BCUT2D eigenvalue weighted by atomic mass is 9.99. The number of rotatable bonds is 5. The maximum atomic E-state index is 11.6. The van der Waals surface area contributed by atoms with E-state index in [9.17, 15) is 9.90 Å². The van der Waals surface area contributed by atoms with Crippen LogP contribution in [0.25, 0.3) is 0 Å². The Balaban J connectivity index is 2.94. The van der Waals surface area contributed by atoms with E-state index in [0.717, 1.165) is 5.56 Å². The molecule has 0 aliphatic rings. The van der Waals surface area contributed by atoms with E-state index in [4.69, 9.17) is 16.3 Å². The van der Waals surface area contributed by atoms with Gasteiger partial charge in [-0.2, -0.15) is 0 Å². The molecule has 0 fully saturated rings. The van der Waals surface area contributed by atoms with Gasteiger partial charge in [-0.25, -0.2) is 4.79 Å². The average molecular weight is 295 g/mol. The number of carbonyl (C=O) groups is 1. The number of benzene rings is 1. The fraction of sp³-hybridized carbons (Fsp3) is 0.312. The zero-order valence-corrected chi connectivity index (χ0v) is 12.6. The van der Waals surface area contributed by atoms with Crippen LogP contribution < -0.4 is 0 Å². The van der Waals surface area contributed by atoms with Crippen LogP contribution in [0.4, 0.5) is 0 Å². The highest BCUT2D eigenvalue weighted by atomic mass is 35.5. The van der Waals surface area contributed by atoms with E-state index >= 15 is 0 Å². The zero-order chi connectivity index (χ0) is 15.1. The molecule has 0 aliphatic carbocycles. The predicted molar refractivity (Wildman–Crippen MR) is 80.6 cm³/mol. The van der Waals surface area contributed by atoms with Crippen LogP contribution in [0, 0.1) is 0 Å². The van der Waals surface area contributed by atoms with Crippen molar-refractivity contribution in [2.45, 2.75) is 26.9 Å². The standard InChI is InChI=1S/C16H19ClO3/c1-4-12(10-11(3)16(19)20-5-2)15(18)13-6-8-14(17)9-7-13/h4,6-10,15,18H,5H2,1-3H3/b11-10+,12-4+. The molecule has 0 radical (unpaired) electrons. The lowest BCUT2D eigenvalue weighted by molar-refractivity contribution is -0.138. The van der Waals surface area contributed by atoms with Gasteiger partial charge in [0.2, 0.25) is 0 Å². The zero-order valence-electron chi connectivity index (χ0n) is 11.9. The van der Waals surface area contributed by atoms with Crippen LogP contribution in [-0.4, -0.2) is 17.7 Å². The van der Waals surface area contributed by atoms with Crippen LogP contribution in [-0.2, 0) is 9.53 Å². The molecule has 1 rings (SSSR count). The van der Waals surface area contributed by atoms with Gasteiger partial charge in [-0.1, -0.05) is 29.8 Å². The minimum Gasteiger partial charge on any atom is -0.463 e. The second kappa shape index (κ2) is 7.88. The first-order valence-corrected chi connectivity index (χ1v) is 6.82. The predicted octanol–water partition coefficient (Wildman–Crippen LogP) is 3.83. The van der Waals surface area contributed by atoms with Crippen LogP contribution >= 0.6 is 11.6 Å². The number of hydrogen-bond acceptors (Lipinski definition) is 3. The third-order valence-electron chi connectivity index (χ3n) is 2.82. The Morgan fingerprint density at radius 2 is 2.00 bits per heavy atom. The lowest BCUT2D eigenvalue weighted by Crippen LogP contribution is -2.07. The first-order valence-electron chi connectivity index (χ1n) is 6.44. The third-order valence-corrected chi connectivity index (χ3v) is 3.07. The quantitative estimate of drug-likeness (QED) is 0.510. The van der Waals surface area contributed by atoms with Crippen LogP contribution in [0.15, 0.2) is 47.6 Å². The topological polar surface area (TPSA) is 46.5 Å². The smallest absolute Gasteiger partial charge is 0.333 e. The number of hydrogen-bond donors (Lipinski definition) is 1. The molecule has 3 nitrogen and oxygen atoms in total. The van der Waals surface area contributed by atoms with Gasteiger partial charge in [0.25, 0.3) is 0 Å². The normalized spacial score (nSPS) is 14.1. The molecule has 1 unspecified atom stereocenters. The van der Waals surface area contributed by atoms with E-state index in [-0.39, 0.29) is 5.97 Å². The lowest BCUT2D eigenvalue weighted by Gasteiger charge is -2.13. The largest absolute Gasteiger partial charge is 0.463 e. The Morgan fingerprint density at radius 1 is 1.40 bits per heavy atom. The maximum Gasteiger partial charge on any atom is 0.333 e. The molecule has 0 heterocycles. The first kappa shape index (κ1) is 16.5. The molecule has 108 valence electrons. The Morgan fingerprint density at radius 3 is 2.50 bits per heavy atom. The Bertz CT molecular complexity index is 515. The Kier molecular flexibility index (Phi) is 6.49. The second-order valence-corrected chi connectivity index (χ2v) is 4.73. The molecule has 1 N–H and O–H groups in total. The van der Waals surface area contributed by atoms with Gasteiger partial charge in [0.05, 0.1) is 6.61 Å². The molecule has 4 heteroatoms. The van der Waals surface area contributed by atoms with Gasteiger partial charge in [0.1, 0.15) is 6.10 Å². The van der Waals surface area contributed by atoms with Gasteiger partial charge in [0, 0.05) is 10.6 Å². The van der Waals surface area contributed by atoms with Gasteiger partial charge in [0.15, 0.2) is 0 Å². The van der Waals surface area contributed by atoms with Crippen molar-refractivity contribution in [2.24, 2.45) is 0 Å². The molecule has 1 atom stereocenters. The summed E-state index contributed by atoms with van der Waals surface area (Å²) in [5.74, 6) is -0.379. The molecule has 20 heavy (non-hydrogen) atoms. The SMILES string of the molecule is C/C=C(\C=C(/C)C(=O)OCC)C(O)c1ccc(Cl)cc1. The molecule has 0 amide bonds. The molecular formula is C16H19ClO3. The van der Waals surface area contributed by atoms with Crippen LogP contribution in [0.5, 0.6) is 0 Å². The van der Waals surface area contributed by atoms with Crippen molar-refractivity contribution in [2.75, 3.05) is 6.61 Å². The molecule has 1 aromatic carbocycles. The summed E-state index contributed by atoms with van der Waals surface area (Å²) in [7, 11) is 0. The number of esters is 1. The summed E-state index contributed by atoms with van der Waals surface area (Å²) in [6, 6.07) is 6.94. The second-order valence-electron chi connectivity index (χ2n) is 4.29. The summed E-state index contributed by atoms with van der Waals surface area (Å²) >= 11 is 5.82. The Hall–Kier alpha value is -1.58. The van der Waals surface area contributed by atoms with E-state index in [1.165, 1.54) is 0 Å². The van der Waals surface area contributed by atoms with Gasteiger partial charge in [-0.15, -0.1) is 0 Å². The fourth-order valence-electron chi connectivity index (χ4n) is 1.71. The molecular weight excluding hydrogens is 276 g/mol. The fourth-order valence-corrected chi connectivity index (χ4v) is 1.84. The molecule has 0 saturated carbocycles. The van der Waals surface area contributed by atoms with Gasteiger partial charge >= 0.3 is 5.97 Å². The van der Waals surface area contributed by atoms with Gasteiger partial charge < -0.3 is 9.84 Å². The van der Waals surface area contributed by atoms with Crippen molar-refractivity contribution in [3.63, 3.8) is 0 Å². The van der Waals surface area contributed by atoms with Crippen LogP contribution in [0.1, 0.15) is 32.4 Å². The first-order chi connectivity index (χ1) is 9.49. The minimum absolute atomic E-state index is 0.328. The third kappa shape index (κ3) is 4.51. The number of allylic oxidation sites excluding steroid dienone is 1. The van der Waals surface area contributed by atoms with Crippen molar-refractivity contribution < 1.29 is 14.6 Å². The monoisotopic (exact) mass is 294 g/mol. The summed E-state index contributed by atoms with van der Waals surface area (Å²) in [5.41, 5.74) is 1.81. The molecule has 1 aromatic rings. The highest BCUT2D eigenvalue weighted by molar-refractivity contribution is 6.30. The number of aliphatic hydroxyl groups is 1. The highest BCUT2D eigenvalue weighted by Crippen LogP contribution is 2.25. The van der Waals surface area contributed by atoms with Crippen LogP contribution in [0.2, 0.25) is 5.02 Å². The van der Waals surface area contributed by atoms with Crippen molar-refractivity contribution in [1.82, 2.24) is 0 Å².